The lowest BCUT2D eigenvalue weighted by atomic mass is 9.90. The normalized spacial score (nSPS) is 21.4. The molecule has 1 N–H and O–H groups in total. The van der Waals surface area contributed by atoms with E-state index in [-0.39, 0.29) is 29.1 Å². The Kier molecular flexibility index (Phi) is 5.91. The number of benzene rings is 2. The lowest BCUT2D eigenvalue weighted by Gasteiger charge is -2.33. The molecule has 2 aromatic carbocycles. The summed E-state index contributed by atoms with van der Waals surface area (Å²) < 4.78 is 0. The van der Waals surface area contributed by atoms with E-state index < -0.39 is 0 Å². The molecule has 7 heteroatoms. The van der Waals surface area contributed by atoms with Crippen LogP contribution in [0.15, 0.2) is 53.4 Å². The number of carbonyl (C=O) groups excluding carboxylic acids is 3. The largest absolute Gasteiger partial charge is 0.339 e. The molecule has 6 nitrogen and oxygen atoms in total. The molecule has 3 aliphatic rings. The van der Waals surface area contributed by atoms with E-state index >= 15 is 0 Å². The van der Waals surface area contributed by atoms with Crippen molar-refractivity contribution >= 4 is 40.9 Å². The molecule has 2 aromatic rings. The predicted molar refractivity (Wildman–Crippen MR) is 131 cm³/mol. The highest BCUT2D eigenvalue weighted by Crippen LogP contribution is 2.59. The van der Waals surface area contributed by atoms with E-state index in [9.17, 15) is 14.4 Å². The van der Waals surface area contributed by atoms with Crippen LogP contribution in [0.1, 0.15) is 42.5 Å². The van der Waals surface area contributed by atoms with E-state index in [1.807, 2.05) is 59.7 Å². The van der Waals surface area contributed by atoms with E-state index in [2.05, 4.69) is 5.32 Å². The maximum atomic E-state index is 13.1. The van der Waals surface area contributed by atoms with E-state index in [1.165, 1.54) is 4.90 Å². The fourth-order valence-corrected chi connectivity index (χ4v) is 5.65. The van der Waals surface area contributed by atoms with Crippen LogP contribution in [-0.4, -0.2) is 48.5 Å². The number of likely N-dealkylation sites (tertiary alicyclic amines) is 1. The number of hydrogen-bond acceptors (Lipinski definition) is 4. The molecule has 0 aromatic heterocycles. The third-order valence-corrected chi connectivity index (χ3v) is 8.13. The second kappa shape index (κ2) is 8.86. The van der Waals surface area contributed by atoms with Crippen LogP contribution in [0.4, 0.5) is 11.4 Å². The van der Waals surface area contributed by atoms with Crippen molar-refractivity contribution in [1.82, 2.24) is 4.90 Å². The van der Waals surface area contributed by atoms with Crippen molar-refractivity contribution < 1.29 is 14.4 Å². The molecular weight excluding hydrogens is 434 g/mol. The van der Waals surface area contributed by atoms with Gasteiger partial charge in [0.15, 0.2) is 0 Å². The number of carbonyl (C=O) groups is 3. The molecular formula is C26H29N3O3S. The first-order valence-corrected chi connectivity index (χ1v) is 12.9. The molecule has 0 unspecified atom stereocenters. The van der Waals surface area contributed by atoms with Gasteiger partial charge in [0.2, 0.25) is 11.8 Å². The summed E-state index contributed by atoms with van der Waals surface area (Å²) in [5.74, 6) is 0.251. The molecule has 2 heterocycles. The Balaban J connectivity index is 1.17. The van der Waals surface area contributed by atoms with Gasteiger partial charge in [-0.1, -0.05) is 6.07 Å². The van der Waals surface area contributed by atoms with Crippen molar-refractivity contribution in [3.63, 3.8) is 0 Å². The number of rotatable bonds is 5. The molecule has 0 radical (unpaired) electrons. The highest BCUT2D eigenvalue weighted by Gasteiger charge is 2.58. The zero-order valence-electron chi connectivity index (χ0n) is 18.9. The van der Waals surface area contributed by atoms with Crippen LogP contribution >= 0.6 is 11.8 Å². The summed E-state index contributed by atoms with van der Waals surface area (Å²) in [5, 5.41) is 3.06. The average molecular weight is 464 g/mol. The number of anilines is 2. The molecule has 3 amide bonds. The molecule has 1 atom stereocenters. The molecule has 1 spiro atoms. The molecule has 5 rings (SSSR count). The summed E-state index contributed by atoms with van der Waals surface area (Å²) in [4.78, 5) is 42.8. The van der Waals surface area contributed by atoms with Crippen LogP contribution in [0.25, 0.3) is 0 Å². The van der Waals surface area contributed by atoms with Crippen molar-refractivity contribution in [1.29, 1.82) is 0 Å². The number of nitrogens with zero attached hydrogens (tertiary/aromatic N) is 2. The third-order valence-electron chi connectivity index (χ3n) is 7.39. The van der Waals surface area contributed by atoms with Crippen LogP contribution in [0.2, 0.25) is 0 Å². The van der Waals surface area contributed by atoms with Crippen molar-refractivity contribution in [3.8, 4) is 0 Å². The Labute approximate surface area is 198 Å². The second-order valence-corrected chi connectivity index (χ2v) is 10.2. The Morgan fingerprint density at radius 1 is 1.06 bits per heavy atom. The second-order valence-electron chi connectivity index (χ2n) is 9.33. The summed E-state index contributed by atoms with van der Waals surface area (Å²) in [6.07, 6.45) is 6.08. The minimum absolute atomic E-state index is 0.00822. The Bertz CT molecular complexity index is 1080. The van der Waals surface area contributed by atoms with Gasteiger partial charge in [-0.15, -0.1) is 11.8 Å². The van der Waals surface area contributed by atoms with Gasteiger partial charge in [0.1, 0.15) is 0 Å². The highest BCUT2D eigenvalue weighted by molar-refractivity contribution is 7.98. The predicted octanol–water partition coefficient (Wildman–Crippen LogP) is 4.42. The van der Waals surface area contributed by atoms with Crippen molar-refractivity contribution in [2.75, 3.05) is 36.1 Å². The van der Waals surface area contributed by atoms with Crippen molar-refractivity contribution in [3.05, 3.63) is 54.1 Å². The zero-order valence-corrected chi connectivity index (χ0v) is 19.7. The van der Waals surface area contributed by atoms with Crippen LogP contribution in [0.5, 0.6) is 0 Å². The summed E-state index contributed by atoms with van der Waals surface area (Å²) in [7, 11) is 0. The minimum atomic E-state index is 0.00822. The lowest BCUT2D eigenvalue weighted by molar-refractivity contribution is -0.118. The molecule has 2 saturated heterocycles. The number of nitrogens with one attached hydrogen (secondary N) is 1. The molecule has 0 bridgehead atoms. The van der Waals surface area contributed by atoms with Crippen LogP contribution in [0.3, 0.4) is 0 Å². The molecule has 33 heavy (non-hydrogen) atoms. The SMILES string of the molecule is CSc1ccc(NC(=O)[C@H]2CC23CCN(C(=O)c2cccc(N4CCCC4=O)c2)CC3)cc1. The number of thioether (sulfide) groups is 1. The van der Waals surface area contributed by atoms with E-state index in [4.69, 9.17) is 0 Å². The van der Waals surface area contributed by atoms with Crippen LogP contribution < -0.4 is 10.2 Å². The fourth-order valence-electron chi connectivity index (χ4n) is 5.24. The van der Waals surface area contributed by atoms with Gasteiger partial charge in [0.05, 0.1) is 0 Å². The van der Waals surface area contributed by atoms with Gasteiger partial charge in [0.25, 0.3) is 5.91 Å². The third kappa shape index (κ3) is 4.38. The first kappa shape index (κ1) is 22.0. The van der Waals surface area contributed by atoms with Gasteiger partial charge in [-0.2, -0.15) is 0 Å². The first-order chi connectivity index (χ1) is 16.0. The topological polar surface area (TPSA) is 69.7 Å². The van der Waals surface area contributed by atoms with Gasteiger partial charge in [-0.3, -0.25) is 14.4 Å². The molecule has 1 aliphatic carbocycles. The van der Waals surface area contributed by atoms with Gasteiger partial charge in [0, 0.05) is 53.8 Å². The van der Waals surface area contributed by atoms with Crippen molar-refractivity contribution in [2.24, 2.45) is 11.3 Å². The van der Waals surface area contributed by atoms with Gasteiger partial charge < -0.3 is 15.1 Å². The Hall–Kier alpha value is -2.80. The lowest BCUT2D eigenvalue weighted by Crippen LogP contribution is -2.40. The summed E-state index contributed by atoms with van der Waals surface area (Å²) in [5.41, 5.74) is 2.30. The maximum absolute atomic E-state index is 13.1. The smallest absolute Gasteiger partial charge is 0.253 e. The Morgan fingerprint density at radius 2 is 1.82 bits per heavy atom. The van der Waals surface area contributed by atoms with Gasteiger partial charge >= 0.3 is 0 Å². The highest BCUT2D eigenvalue weighted by atomic mass is 32.2. The fraction of sp³-hybridized carbons (Fsp3) is 0.423. The van der Waals surface area contributed by atoms with Crippen LogP contribution in [0, 0.1) is 11.3 Å². The van der Waals surface area contributed by atoms with Gasteiger partial charge in [-0.25, -0.2) is 0 Å². The Morgan fingerprint density at radius 3 is 2.48 bits per heavy atom. The summed E-state index contributed by atoms with van der Waals surface area (Å²) >= 11 is 1.68. The molecule has 1 saturated carbocycles. The number of amides is 3. The average Bonchev–Trinajstić information content (AvgIpc) is 3.37. The van der Waals surface area contributed by atoms with Crippen LogP contribution in [-0.2, 0) is 9.59 Å². The van der Waals surface area contributed by atoms with E-state index in [0.717, 1.165) is 37.1 Å². The van der Waals surface area contributed by atoms with E-state index in [1.54, 1.807) is 16.7 Å². The maximum Gasteiger partial charge on any atom is 0.253 e. The first-order valence-electron chi connectivity index (χ1n) is 11.6. The minimum Gasteiger partial charge on any atom is -0.339 e. The molecule has 2 aliphatic heterocycles. The quantitative estimate of drug-likeness (QED) is 0.667. The number of piperidine rings is 1. The monoisotopic (exact) mass is 463 g/mol. The molecule has 3 fully saturated rings. The summed E-state index contributed by atoms with van der Waals surface area (Å²) in [6, 6.07) is 15.3. The standard InChI is InChI=1S/C26H29N3O3S/c1-33-21-9-7-19(8-10-21)27-24(31)22-17-26(22)11-14-28(15-12-26)25(32)18-4-2-5-20(16-18)29-13-3-6-23(29)30/h2,4-5,7-10,16,22H,3,6,11-15,17H2,1H3,(H,27,31)/t22-/m1/s1. The van der Waals surface area contributed by atoms with Crippen molar-refractivity contribution in [2.45, 2.75) is 37.0 Å². The van der Waals surface area contributed by atoms with E-state index in [0.29, 0.717) is 31.6 Å². The number of hydrogen-bond donors (Lipinski definition) is 1. The molecule has 172 valence electrons. The summed E-state index contributed by atoms with van der Waals surface area (Å²) in [6.45, 7) is 2.05. The zero-order chi connectivity index (χ0) is 23.0. The van der Waals surface area contributed by atoms with Gasteiger partial charge in [-0.05, 0) is 79.8 Å².